The molecule has 0 aliphatic rings. The van der Waals surface area contributed by atoms with Crippen LogP contribution in [0.3, 0.4) is 0 Å². The molecule has 0 amide bonds. The van der Waals surface area contributed by atoms with Crippen LogP contribution < -0.4 is 0 Å². The predicted octanol–water partition coefficient (Wildman–Crippen LogP) is 4.53. The van der Waals surface area contributed by atoms with E-state index < -0.39 is 5.97 Å². The molecule has 0 saturated carbocycles. The number of carboxylic acid groups (broad SMARTS) is 1. The van der Waals surface area contributed by atoms with Gasteiger partial charge in [-0.2, -0.15) is 0 Å². The highest BCUT2D eigenvalue weighted by Gasteiger charge is 2.08. The fourth-order valence-corrected chi connectivity index (χ4v) is 3.49. The summed E-state index contributed by atoms with van der Waals surface area (Å²) in [6.45, 7) is 0. The molecule has 0 radical (unpaired) electrons. The second-order valence-corrected chi connectivity index (χ2v) is 5.84. The van der Waals surface area contributed by atoms with Crippen molar-refractivity contribution in [3.05, 3.63) is 50.9 Å². The summed E-state index contributed by atoms with van der Waals surface area (Å²) in [5.41, 5.74) is 0.825. The highest BCUT2D eigenvalue weighted by atomic mass is 35.5. The molecule has 0 atom stereocenters. The fraction of sp³-hybridized carbons (Fsp3) is 0.0833. The van der Waals surface area contributed by atoms with Gasteiger partial charge in [0.05, 0.1) is 0 Å². The fourth-order valence-electron chi connectivity index (χ4n) is 1.31. The molecule has 1 heterocycles. The Balaban J connectivity index is 2.04. The van der Waals surface area contributed by atoms with E-state index >= 15 is 0 Å². The Morgan fingerprint density at radius 3 is 2.83 bits per heavy atom. The molecule has 0 unspecified atom stereocenters. The molecule has 0 fully saturated rings. The van der Waals surface area contributed by atoms with E-state index in [1.807, 2.05) is 0 Å². The van der Waals surface area contributed by atoms with Crippen LogP contribution in [0.1, 0.15) is 15.2 Å². The minimum atomic E-state index is -0.924. The van der Waals surface area contributed by atoms with Gasteiger partial charge in [0.25, 0.3) is 0 Å². The second-order valence-electron chi connectivity index (χ2n) is 3.48. The molecule has 2 aromatic rings. The maximum Gasteiger partial charge on any atom is 0.345 e. The number of hydrogen-bond acceptors (Lipinski definition) is 3. The molecular formula is C12H8ClFO2S2. The van der Waals surface area contributed by atoms with Crippen LogP contribution >= 0.6 is 34.7 Å². The minimum absolute atomic E-state index is 0.308. The van der Waals surface area contributed by atoms with Gasteiger partial charge in [-0.15, -0.1) is 23.1 Å². The average molecular weight is 303 g/mol. The first kappa shape index (κ1) is 13.4. The Hall–Kier alpha value is -1.04. The van der Waals surface area contributed by atoms with Gasteiger partial charge in [-0.3, -0.25) is 0 Å². The lowest BCUT2D eigenvalue weighted by Gasteiger charge is -2.02. The lowest BCUT2D eigenvalue weighted by molar-refractivity contribution is 0.0702. The number of benzene rings is 1. The third kappa shape index (κ3) is 3.25. The predicted molar refractivity (Wildman–Crippen MR) is 72.2 cm³/mol. The van der Waals surface area contributed by atoms with Crippen LogP contribution in [0.25, 0.3) is 0 Å². The summed E-state index contributed by atoms with van der Waals surface area (Å²) in [7, 11) is 0. The Bertz CT molecular complexity index is 583. The largest absolute Gasteiger partial charge is 0.477 e. The second kappa shape index (κ2) is 5.73. The van der Waals surface area contributed by atoms with Crippen LogP contribution in [0.2, 0.25) is 5.02 Å². The van der Waals surface area contributed by atoms with Crippen LogP contribution in [0.15, 0.2) is 34.5 Å². The normalized spacial score (nSPS) is 10.6. The van der Waals surface area contributed by atoms with E-state index in [4.69, 9.17) is 16.7 Å². The van der Waals surface area contributed by atoms with Crippen molar-refractivity contribution >= 4 is 40.7 Å². The summed E-state index contributed by atoms with van der Waals surface area (Å²) in [5, 5.41) is 11.0. The smallest absolute Gasteiger partial charge is 0.345 e. The van der Waals surface area contributed by atoms with E-state index in [9.17, 15) is 9.18 Å². The van der Waals surface area contributed by atoms with Gasteiger partial charge < -0.3 is 5.11 Å². The van der Waals surface area contributed by atoms with Gasteiger partial charge in [0.1, 0.15) is 10.7 Å². The van der Waals surface area contributed by atoms with E-state index in [1.165, 1.54) is 35.2 Å². The topological polar surface area (TPSA) is 37.3 Å². The molecule has 1 aromatic heterocycles. The Morgan fingerprint density at radius 1 is 1.44 bits per heavy atom. The summed E-state index contributed by atoms with van der Waals surface area (Å²) >= 11 is 8.56. The SMILES string of the molecule is O=C(O)c1cc(SCc2ccc(F)cc2Cl)cs1. The zero-order valence-corrected chi connectivity index (χ0v) is 11.4. The monoisotopic (exact) mass is 302 g/mol. The van der Waals surface area contributed by atoms with Crippen molar-refractivity contribution in [2.45, 2.75) is 10.6 Å². The van der Waals surface area contributed by atoms with Gasteiger partial charge in [-0.1, -0.05) is 17.7 Å². The minimum Gasteiger partial charge on any atom is -0.477 e. The zero-order chi connectivity index (χ0) is 13.1. The van der Waals surface area contributed by atoms with E-state index in [0.717, 1.165) is 10.5 Å². The van der Waals surface area contributed by atoms with Crippen molar-refractivity contribution in [3.8, 4) is 0 Å². The van der Waals surface area contributed by atoms with Crippen LogP contribution in [0, 0.1) is 5.82 Å². The van der Waals surface area contributed by atoms with Gasteiger partial charge in [-0.25, -0.2) is 9.18 Å². The highest BCUT2D eigenvalue weighted by Crippen LogP contribution is 2.30. The molecule has 1 N–H and O–H groups in total. The molecule has 0 bridgehead atoms. The van der Waals surface area contributed by atoms with Crippen molar-refractivity contribution in [2.75, 3.05) is 0 Å². The van der Waals surface area contributed by atoms with E-state index in [-0.39, 0.29) is 5.82 Å². The lowest BCUT2D eigenvalue weighted by Crippen LogP contribution is -1.89. The number of halogens is 2. The number of thiophene rings is 1. The number of rotatable bonds is 4. The summed E-state index contributed by atoms with van der Waals surface area (Å²) in [4.78, 5) is 11.9. The first-order valence-corrected chi connectivity index (χ1v) is 7.19. The quantitative estimate of drug-likeness (QED) is 0.843. The third-order valence-corrected chi connectivity index (χ3v) is 4.64. The molecule has 0 aliphatic carbocycles. The summed E-state index contributed by atoms with van der Waals surface area (Å²) in [5.74, 6) is -0.710. The molecule has 18 heavy (non-hydrogen) atoms. The standard InChI is InChI=1S/C12H8ClFO2S2/c13-10-3-8(14)2-1-7(10)5-17-9-4-11(12(15)16)18-6-9/h1-4,6H,5H2,(H,15,16). The van der Waals surface area contributed by atoms with Gasteiger partial charge in [0.2, 0.25) is 0 Å². The zero-order valence-electron chi connectivity index (χ0n) is 9.02. The van der Waals surface area contributed by atoms with Crippen molar-refractivity contribution in [1.82, 2.24) is 0 Å². The Labute approximate surface area is 116 Å². The van der Waals surface area contributed by atoms with Gasteiger partial charge >= 0.3 is 5.97 Å². The lowest BCUT2D eigenvalue weighted by atomic mass is 10.2. The van der Waals surface area contributed by atoms with Crippen molar-refractivity contribution in [1.29, 1.82) is 0 Å². The summed E-state index contributed by atoms with van der Waals surface area (Å²) in [6, 6.07) is 5.88. The number of carbonyl (C=O) groups is 1. The van der Waals surface area contributed by atoms with Crippen LogP contribution in [-0.4, -0.2) is 11.1 Å². The molecule has 94 valence electrons. The molecule has 0 aliphatic heterocycles. The van der Waals surface area contributed by atoms with Gasteiger partial charge in [-0.05, 0) is 23.8 Å². The van der Waals surface area contributed by atoms with Crippen LogP contribution in [0.5, 0.6) is 0 Å². The molecule has 6 heteroatoms. The summed E-state index contributed by atoms with van der Waals surface area (Å²) < 4.78 is 12.8. The first-order valence-electron chi connectivity index (χ1n) is 4.95. The molecular weight excluding hydrogens is 295 g/mol. The molecule has 1 aromatic carbocycles. The highest BCUT2D eigenvalue weighted by molar-refractivity contribution is 7.98. The van der Waals surface area contributed by atoms with Crippen molar-refractivity contribution < 1.29 is 14.3 Å². The van der Waals surface area contributed by atoms with Crippen LogP contribution in [0.4, 0.5) is 4.39 Å². The summed E-state index contributed by atoms with van der Waals surface area (Å²) in [6.07, 6.45) is 0. The van der Waals surface area contributed by atoms with Gasteiger partial charge in [0, 0.05) is 21.1 Å². The van der Waals surface area contributed by atoms with E-state index in [0.29, 0.717) is 15.7 Å². The van der Waals surface area contributed by atoms with E-state index in [2.05, 4.69) is 0 Å². The van der Waals surface area contributed by atoms with Crippen molar-refractivity contribution in [3.63, 3.8) is 0 Å². The third-order valence-electron chi connectivity index (χ3n) is 2.20. The van der Waals surface area contributed by atoms with Crippen molar-refractivity contribution in [2.24, 2.45) is 0 Å². The average Bonchev–Trinajstić information content (AvgIpc) is 2.76. The first-order chi connectivity index (χ1) is 8.56. The van der Waals surface area contributed by atoms with E-state index in [1.54, 1.807) is 17.5 Å². The molecule has 0 spiro atoms. The molecule has 0 saturated heterocycles. The number of carboxylic acids is 1. The number of hydrogen-bond donors (Lipinski definition) is 1. The maximum atomic E-state index is 12.8. The Kier molecular flexibility index (Phi) is 4.27. The number of thioether (sulfide) groups is 1. The maximum absolute atomic E-state index is 12.8. The number of aromatic carboxylic acids is 1. The molecule has 2 rings (SSSR count). The van der Waals surface area contributed by atoms with Crippen LogP contribution in [-0.2, 0) is 5.75 Å². The van der Waals surface area contributed by atoms with Gasteiger partial charge in [0.15, 0.2) is 0 Å². The molecule has 2 nitrogen and oxygen atoms in total. The Morgan fingerprint density at radius 2 is 2.22 bits per heavy atom.